The van der Waals surface area contributed by atoms with Gasteiger partial charge >= 0.3 is 6.03 Å². The van der Waals surface area contributed by atoms with Gasteiger partial charge in [0, 0.05) is 10.6 Å². The molecule has 1 N–H and O–H groups in total. The van der Waals surface area contributed by atoms with Crippen LogP contribution in [0.15, 0.2) is 83.8 Å². The molecular formula is C28H27N3O3S. The molecular weight excluding hydrogens is 458 g/mol. The van der Waals surface area contributed by atoms with Crippen LogP contribution in [0.3, 0.4) is 0 Å². The summed E-state index contributed by atoms with van der Waals surface area (Å²) in [5, 5.41) is 2.89. The number of amides is 4. The maximum absolute atomic E-state index is 13.8. The van der Waals surface area contributed by atoms with Crippen molar-refractivity contribution >= 4 is 35.3 Å². The van der Waals surface area contributed by atoms with Crippen molar-refractivity contribution in [3.8, 4) is 0 Å². The average molecular weight is 486 g/mol. The van der Waals surface area contributed by atoms with E-state index >= 15 is 0 Å². The predicted octanol–water partition coefficient (Wildman–Crippen LogP) is 5.03. The lowest BCUT2D eigenvalue weighted by molar-refractivity contribution is -0.134. The van der Waals surface area contributed by atoms with Gasteiger partial charge in [-0.2, -0.15) is 0 Å². The van der Waals surface area contributed by atoms with Crippen molar-refractivity contribution in [1.82, 2.24) is 10.2 Å². The maximum Gasteiger partial charge on any atom is 0.325 e. The summed E-state index contributed by atoms with van der Waals surface area (Å²) in [4.78, 5) is 44.3. The summed E-state index contributed by atoms with van der Waals surface area (Å²) in [6.07, 6.45) is 0.390. The molecule has 7 heteroatoms. The van der Waals surface area contributed by atoms with E-state index in [0.29, 0.717) is 12.2 Å². The van der Waals surface area contributed by atoms with Crippen LogP contribution in [0, 0.1) is 6.92 Å². The zero-order valence-electron chi connectivity index (χ0n) is 19.7. The van der Waals surface area contributed by atoms with E-state index in [9.17, 15) is 14.4 Å². The molecule has 0 saturated carbocycles. The molecule has 0 bridgehead atoms. The van der Waals surface area contributed by atoms with E-state index in [1.807, 2.05) is 92.7 Å². The van der Waals surface area contributed by atoms with Crippen LogP contribution in [-0.4, -0.2) is 35.0 Å². The zero-order chi connectivity index (χ0) is 24.6. The normalized spacial score (nSPS) is 21.6. The maximum atomic E-state index is 13.8. The molecule has 2 atom stereocenters. The molecule has 1 saturated heterocycles. The molecule has 1 fully saturated rings. The van der Waals surface area contributed by atoms with Gasteiger partial charge in [0.2, 0.25) is 5.91 Å². The zero-order valence-corrected chi connectivity index (χ0v) is 20.5. The standard InChI is InChI=1S/C28H27N3O3S/c1-3-28(21-15-13-19(2)14-16-21)26(33)30(27(34)29-28)17-25(32)31-22-11-7-8-12-24(22)35-18-23(31)20-9-5-4-6-10-20/h4-16,23H,3,17-18H2,1-2H3,(H,29,34)/t23-,28+/m0/s1. The monoisotopic (exact) mass is 485 g/mol. The molecule has 0 spiro atoms. The smallest absolute Gasteiger partial charge is 0.319 e. The third-order valence-electron chi connectivity index (χ3n) is 6.83. The minimum atomic E-state index is -1.17. The third kappa shape index (κ3) is 4.00. The van der Waals surface area contributed by atoms with Gasteiger partial charge in [0.25, 0.3) is 5.91 Å². The Hall–Kier alpha value is -3.58. The van der Waals surface area contributed by atoms with Crippen LogP contribution in [-0.2, 0) is 15.1 Å². The average Bonchev–Trinajstić information content (AvgIpc) is 3.14. The minimum Gasteiger partial charge on any atom is -0.319 e. The van der Waals surface area contributed by atoms with E-state index in [1.165, 1.54) is 0 Å². The Kier molecular flexibility index (Phi) is 6.11. The quantitative estimate of drug-likeness (QED) is 0.515. The van der Waals surface area contributed by atoms with Crippen LogP contribution in [0.4, 0.5) is 10.5 Å². The number of benzene rings is 3. The highest BCUT2D eigenvalue weighted by Crippen LogP contribution is 2.43. The van der Waals surface area contributed by atoms with Gasteiger partial charge in [-0.3, -0.25) is 14.5 Å². The van der Waals surface area contributed by atoms with Crippen LogP contribution < -0.4 is 10.2 Å². The van der Waals surface area contributed by atoms with E-state index in [2.05, 4.69) is 5.32 Å². The second kappa shape index (κ2) is 9.23. The SMILES string of the molecule is CC[C@]1(c2ccc(C)cc2)NC(=O)N(CC(=O)N2c3ccccc3SC[C@H]2c2ccccc2)C1=O. The van der Waals surface area contributed by atoms with Gasteiger partial charge in [0.1, 0.15) is 12.1 Å². The molecule has 178 valence electrons. The molecule has 0 radical (unpaired) electrons. The molecule has 2 aliphatic heterocycles. The van der Waals surface area contributed by atoms with Crippen molar-refractivity contribution in [2.24, 2.45) is 0 Å². The van der Waals surface area contributed by atoms with Crippen LogP contribution >= 0.6 is 11.8 Å². The van der Waals surface area contributed by atoms with Gasteiger partial charge in [-0.05, 0) is 36.6 Å². The van der Waals surface area contributed by atoms with Crippen molar-refractivity contribution in [1.29, 1.82) is 0 Å². The van der Waals surface area contributed by atoms with Crippen LogP contribution in [0.5, 0.6) is 0 Å². The second-order valence-electron chi connectivity index (χ2n) is 8.92. The first-order valence-corrected chi connectivity index (χ1v) is 12.7. The highest BCUT2D eigenvalue weighted by Gasteiger charge is 2.52. The summed E-state index contributed by atoms with van der Waals surface area (Å²) in [6, 6.07) is 24.5. The molecule has 2 aliphatic rings. The Morgan fingerprint density at radius 1 is 1.00 bits per heavy atom. The van der Waals surface area contributed by atoms with Crippen molar-refractivity contribution in [2.45, 2.75) is 36.7 Å². The van der Waals surface area contributed by atoms with Crippen molar-refractivity contribution in [3.05, 3.63) is 95.6 Å². The summed E-state index contributed by atoms with van der Waals surface area (Å²) in [5.41, 5.74) is 2.44. The fraction of sp³-hybridized carbons (Fsp3) is 0.250. The van der Waals surface area contributed by atoms with Gasteiger partial charge < -0.3 is 10.2 Å². The van der Waals surface area contributed by atoms with Gasteiger partial charge in [-0.15, -0.1) is 11.8 Å². The minimum absolute atomic E-state index is 0.197. The van der Waals surface area contributed by atoms with E-state index in [0.717, 1.165) is 32.2 Å². The van der Waals surface area contributed by atoms with Gasteiger partial charge in [0.05, 0.1) is 11.7 Å². The summed E-state index contributed by atoms with van der Waals surface area (Å²) in [7, 11) is 0. The van der Waals surface area contributed by atoms with Gasteiger partial charge in [-0.25, -0.2) is 4.79 Å². The number of urea groups is 1. The number of hydrogen-bond acceptors (Lipinski definition) is 4. The number of nitrogens with zero attached hydrogens (tertiary/aromatic N) is 2. The van der Waals surface area contributed by atoms with Crippen molar-refractivity contribution < 1.29 is 14.4 Å². The molecule has 0 unspecified atom stereocenters. The van der Waals surface area contributed by atoms with Gasteiger partial charge in [0.15, 0.2) is 0 Å². The highest BCUT2D eigenvalue weighted by molar-refractivity contribution is 7.99. The topological polar surface area (TPSA) is 69.7 Å². The fourth-order valence-corrected chi connectivity index (χ4v) is 6.04. The lowest BCUT2D eigenvalue weighted by atomic mass is 9.86. The fourth-order valence-electron chi connectivity index (χ4n) is 4.88. The number of fused-ring (bicyclic) bond motifs is 1. The molecule has 35 heavy (non-hydrogen) atoms. The number of carbonyl (C=O) groups excluding carboxylic acids is 3. The second-order valence-corrected chi connectivity index (χ2v) is 9.98. The third-order valence-corrected chi connectivity index (χ3v) is 7.97. The number of carbonyl (C=O) groups is 3. The Balaban J connectivity index is 1.47. The van der Waals surface area contributed by atoms with E-state index in [4.69, 9.17) is 0 Å². The number of thioether (sulfide) groups is 1. The first-order valence-electron chi connectivity index (χ1n) is 11.7. The number of anilines is 1. The highest BCUT2D eigenvalue weighted by atomic mass is 32.2. The van der Waals surface area contributed by atoms with Crippen LogP contribution in [0.2, 0.25) is 0 Å². The summed E-state index contributed by atoms with van der Waals surface area (Å²) in [6.45, 7) is 3.52. The first kappa shape index (κ1) is 23.2. The Morgan fingerprint density at radius 3 is 2.40 bits per heavy atom. The molecule has 3 aromatic carbocycles. The molecule has 6 nitrogen and oxygen atoms in total. The first-order chi connectivity index (χ1) is 16.9. The molecule has 2 heterocycles. The van der Waals surface area contributed by atoms with E-state index in [-0.39, 0.29) is 18.5 Å². The Bertz CT molecular complexity index is 1280. The summed E-state index contributed by atoms with van der Waals surface area (Å²) < 4.78 is 0. The number of para-hydroxylation sites is 1. The number of nitrogens with one attached hydrogen (secondary N) is 1. The molecule has 3 aromatic rings. The Morgan fingerprint density at radius 2 is 1.69 bits per heavy atom. The van der Waals surface area contributed by atoms with Gasteiger partial charge in [-0.1, -0.05) is 79.2 Å². The number of hydrogen-bond donors (Lipinski definition) is 1. The molecule has 4 amide bonds. The van der Waals surface area contributed by atoms with Crippen LogP contribution in [0.25, 0.3) is 0 Å². The van der Waals surface area contributed by atoms with E-state index < -0.39 is 17.5 Å². The molecule has 0 aromatic heterocycles. The predicted molar refractivity (Wildman–Crippen MR) is 137 cm³/mol. The van der Waals surface area contributed by atoms with E-state index in [1.54, 1.807) is 16.7 Å². The summed E-state index contributed by atoms with van der Waals surface area (Å²) >= 11 is 1.70. The molecule has 0 aliphatic carbocycles. The largest absolute Gasteiger partial charge is 0.325 e. The lowest BCUT2D eigenvalue weighted by Gasteiger charge is -2.37. The van der Waals surface area contributed by atoms with Crippen molar-refractivity contribution in [2.75, 3.05) is 17.2 Å². The number of rotatable bonds is 5. The molecule has 5 rings (SSSR count). The summed E-state index contributed by atoms with van der Waals surface area (Å²) in [5.74, 6) is 0.0128. The van der Waals surface area contributed by atoms with Crippen LogP contribution in [0.1, 0.15) is 36.1 Å². The number of aryl methyl sites for hydroxylation is 1. The number of imide groups is 1. The lowest BCUT2D eigenvalue weighted by Crippen LogP contribution is -2.47. The van der Waals surface area contributed by atoms with Crippen molar-refractivity contribution in [3.63, 3.8) is 0 Å². The Labute approximate surface area is 209 Å².